The summed E-state index contributed by atoms with van der Waals surface area (Å²) in [7, 11) is 2.59. The second kappa shape index (κ2) is 12.9. The van der Waals surface area contributed by atoms with Gasteiger partial charge in [0.2, 0.25) is 5.52 Å². The molecule has 0 saturated heterocycles. The van der Waals surface area contributed by atoms with E-state index in [0.29, 0.717) is 21.1 Å². The molecule has 0 radical (unpaired) electrons. The average molecular weight is 764 g/mol. The van der Waals surface area contributed by atoms with Crippen LogP contribution in [0.4, 0.5) is 0 Å². The molecule has 0 spiro atoms. The first-order chi connectivity index (χ1) is 21.7. The number of methoxy groups -OCH3 is 2. The molecule has 0 aliphatic carbocycles. The number of aromatic nitrogens is 1. The fraction of sp³-hybridized carbons (Fsp3) is 0.0556. The third kappa shape index (κ3) is 5.82. The Labute approximate surface area is 285 Å². The smallest absolute Gasteiger partial charge is 0.379 e. The fourth-order valence-corrected chi connectivity index (χ4v) is 6.77. The molecular formula is C36H23Br2Cl2NO4. The van der Waals surface area contributed by atoms with E-state index in [1.54, 1.807) is 22.9 Å². The lowest BCUT2D eigenvalue weighted by atomic mass is 9.99. The zero-order valence-corrected chi connectivity index (χ0v) is 28.6. The normalized spacial score (nSPS) is 12.2. The summed E-state index contributed by atoms with van der Waals surface area (Å²) < 4.78 is 14.0. The summed E-state index contributed by atoms with van der Waals surface area (Å²) in [5.74, 6) is -1.38. The summed E-state index contributed by atoms with van der Waals surface area (Å²) in [5.41, 5.74) is 3.00. The van der Waals surface area contributed by atoms with Gasteiger partial charge in [-0.25, -0.2) is 4.79 Å². The van der Waals surface area contributed by atoms with Gasteiger partial charge in [-0.15, -0.1) is 0 Å². The molecule has 0 unspecified atom stereocenters. The van der Waals surface area contributed by atoms with E-state index in [1.165, 1.54) is 14.2 Å². The van der Waals surface area contributed by atoms with Crippen molar-refractivity contribution in [2.75, 3.05) is 14.2 Å². The summed E-state index contributed by atoms with van der Waals surface area (Å²) in [5, 5.41) is 5.33. The van der Waals surface area contributed by atoms with Crippen LogP contribution in [0.2, 0.25) is 10.0 Å². The molecule has 6 rings (SSSR count). The maximum Gasteiger partial charge on any atom is 0.379 e. The number of fused-ring (bicyclic) bond motifs is 4. The number of halogens is 4. The lowest BCUT2D eigenvalue weighted by molar-refractivity contribution is -0.548. The number of carbonyl (C=O) groups is 2. The molecule has 5 nitrogen and oxygen atoms in total. The van der Waals surface area contributed by atoms with Gasteiger partial charge in [-0.1, -0.05) is 149 Å². The maximum absolute atomic E-state index is 13.9. The topological polar surface area (TPSA) is 56.5 Å². The summed E-state index contributed by atoms with van der Waals surface area (Å²) >= 11 is 19.7. The first-order valence-electron chi connectivity index (χ1n) is 13.7. The molecule has 0 aliphatic rings. The predicted molar refractivity (Wildman–Crippen MR) is 189 cm³/mol. The van der Waals surface area contributed by atoms with Crippen LogP contribution < -0.4 is 4.57 Å². The number of ether oxygens (including phenoxy) is 2. The van der Waals surface area contributed by atoms with Gasteiger partial charge in [-0.3, -0.25) is 4.79 Å². The third-order valence-corrected chi connectivity index (χ3v) is 9.12. The van der Waals surface area contributed by atoms with E-state index in [4.69, 9.17) is 32.7 Å². The Hall–Kier alpha value is -3.88. The van der Waals surface area contributed by atoms with Gasteiger partial charge >= 0.3 is 5.97 Å². The SMILES string of the molecule is COC(=O)/C(=C(/C(=O)OC)[n+]1ccc(/C=C/c2ccc(Cl)cc2Cl)c2ccccc21)[c-]1c2cc(Br)ccc2c2ccc(Br)cc21. The van der Waals surface area contributed by atoms with Gasteiger partial charge in [0.15, 0.2) is 6.20 Å². The van der Waals surface area contributed by atoms with Crippen molar-refractivity contribution in [3.05, 3.63) is 127 Å². The van der Waals surface area contributed by atoms with Crippen molar-refractivity contribution >= 4 is 123 Å². The highest BCUT2D eigenvalue weighted by Gasteiger charge is 2.32. The van der Waals surface area contributed by atoms with Crippen molar-refractivity contribution < 1.29 is 23.6 Å². The molecule has 45 heavy (non-hydrogen) atoms. The van der Waals surface area contributed by atoms with E-state index < -0.39 is 11.9 Å². The van der Waals surface area contributed by atoms with Crippen LogP contribution >= 0.6 is 55.1 Å². The monoisotopic (exact) mass is 761 g/mol. The first kappa shape index (κ1) is 31.1. The van der Waals surface area contributed by atoms with Crippen molar-refractivity contribution in [1.29, 1.82) is 0 Å². The molecule has 0 atom stereocenters. The highest BCUT2D eigenvalue weighted by Crippen LogP contribution is 2.42. The quantitative estimate of drug-likeness (QED) is 0.0734. The number of para-hydroxylation sites is 1. The molecule has 1 heterocycles. The number of nitrogens with zero attached hydrogens (tertiary/aromatic N) is 1. The summed E-state index contributed by atoms with van der Waals surface area (Å²) in [6.45, 7) is 0. The Kier molecular flexibility index (Phi) is 8.89. The zero-order chi connectivity index (χ0) is 31.8. The fourth-order valence-electron chi connectivity index (χ4n) is 5.58. The Balaban J connectivity index is 1.69. The van der Waals surface area contributed by atoms with Gasteiger partial charge in [0.05, 0.1) is 25.2 Å². The Morgan fingerprint density at radius 1 is 0.733 bits per heavy atom. The molecule has 0 aliphatic heterocycles. The van der Waals surface area contributed by atoms with Crippen molar-refractivity contribution in [1.82, 2.24) is 0 Å². The number of esters is 2. The van der Waals surface area contributed by atoms with Gasteiger partial charge < -0.3 is 9.47 Å². The second-order valence-corrected chi connectivity index (χ2v) is 12.8. The predicted octanol–water partition coefficient (Wildman–Crippen LogP) is 9.87. The molecule has 0 N–H and O–H groups in total. The highest BCUT2D eigenvalue weighted by molar-refractivity contribution is 9.10. The number of carbonyl (C=O) groups excluding carboxylic acids is 2. The lowest BCUT2D eigenvalue weighted by Gasteiger charge is -2.16. The standard InChI is InChI=1S/C36H23Br2Cl2NO4/c1-44-35(42)33(32-28-17-22(37)10-13-26(28)27-14-11-23(38)18-29(27)32)34(36(43)45-2)41-16-15-20(25-5-3-4-6-31(25)41)7-8-21-9-12-24(39)19-30(21)40/h3-19H,1-2H3/b8-7+,34-33-. The molecule has 0 saturated carbocycles. The number of hydrogen-bond acceptors (Lipinski definition) is 4. The van der Waals surface area contributed by atoms with E-state index in [1.807, 2.05) is 84.9 Å². The molecule has 0 bridgehead atoms. The van der Waals surface area contributed by atoms with Crippen LogP contribution in [0.3, 0.4) is 0 Å². The third-order valence-electron chi connectivity index (χ3n) is 7.57. The highest BCUT2D eigenvalue weighted by atomic mass is 79.9. The second-order valence-electron chi connectivity index (χ2n) is 10.1. The van der Waals surface area contributed by atoms with Gasteiger partial charge in [0, 0.05) is 22.2 Å². The molecule has 1 aromatic heterocycles. The van der Waals surface area contributed by atoms with Gasteiger partial charge in [0.25, 0.3) is 11.7 Å². The Bertz CT molecular complexity index is 2180. The Morgan fingerprint density at radius 3 is 1.98 bits per heavy atom. The first-order valence-corrected chi connectivity index (χ1v) is 16.0. The summed E-state index contributed by atoms with van der Waals surface area (Å²) in [6.07, 6.45) is 5.59. The van der Waals surface area contributed by atoms with E-state index in [9.17, 15) is 9.59 Å². The van der Waals surface area contributed by atoms with Crippen LogP contribution in [0, 0.1) is 0 Å². The van der Waals surface area contributed by atoms with Gasteiger partial charge in [0.1, 0.15) is 0 Å². The van der Waals surface area contributed by atoms with Crippen LogP contribution in [0.5, 0.6) is 0 Å². The van der Waals surface area contributed by atoms with Crippen molar-refractivity contribution in [3.8, 4) is 0 Å². The minimum Gasteiger partial charge on any atom is -0.490 e. The van der Waals surface area contributed by atoms with Gasteiger partial charge in [-0.2, -0.15) is 4.57 Å². The molecule has 5 aromatic carbocycles. The molecule has 9 heteroatoms. The van der Waals surface area contributed by atoms with Crippen LogP contribution in [0.1, 0.15) is 16.7 Å². The molecule has 0 fully saturated rings. The van der Waals surface area contributed by atoms with Crippen LogP contribution in [0.15, 0.2) is 100 Å². The van der Waals surface area contributed by atoms with E-state index in [0.717, 1.165) is 47.0 Å². The van der Waals surface area contributed by atoms with Crippen molar-refractivity contribution in [3.63, 3.8) is 0 Å². The molecule has 224 valence electrons. The van der Waals surface area contributed by atoms with E-state index >= 15 is 0 Å². The summed E-state index contributed by atoms with van der Waals surface area (Å²) in [4.78, 5) is 27.7. The Morgan fingerprint density at radius 2 is 1.36 bits per heavy atom. The van der Waals surface area contributed by atoms with Crippen LogP contribution in [0.25, 0.3) is 55.9 Å². The summed E-state index contributed by atoms with van der Waals surface area (Å²) in [6, 6.07) is 26.5. The number of benzene rings is 4. The largest absolute Gasteiger partial charge is 0.490 e. The van der Waals surface area contributed by atoms with Crippen molar-refractivity contribution in [2.45, 2.75) is 0 Å². The van der Waals surface area contributed by atoms with Crippen LogP contribution in [-0.4, -0.2) is 26.2 Å². The number of hydrogen-bond donors (Lipinski definition) is 0. The molecular weight excluding hydrogens is 741 g/mol. The average Bonchev–Trinajstić information content (AvgIpc) is 3.34. The van der Waals surface area contributed by atoms with E-state index in [2.05, 4.69) is 31.9 Å². The lowest BCUT2D eigenvalue weighted by Crippen LogP contribution is -2.39. The molecule has 0 amide bonds. The number of pyridine rings is 1. The van der Waals surface area contributed by atoms with Gasteiger partial charge in [-0.05, 0) is 38.3 Å². The minimum absolute atomic E-state index is 0.0191. The zero-order valence-electron chi connectivity index (χ0n) is 23.9. The minimum atomic E-state index is -0.700. The van der Waals surface area contributed by atoms with Crippen LogP contribution in [-0.2, 0) is 19.1 Å². The molecule has 6 aromatic rings. The van der Waals surface area contributed by atoms with E-state index in [-0.39, 0.29) is 11.3 Å². The van der Waals surface area contributed by atoms with Crippen molar-refractivity contribution in [2.24, 2.45) is 0 Å². The maximum atomic E-state index is 13.9. The number of rotatable bonds is 6.